The summed E-state index contributed by atoms with van der Waals surface area (Å²) in [6, 6.07) is 63.3. The summed E-state index contributed by atoms with van der Waals surface area (Å²) < 4.78 is 2.32. The molecule has 0 spiro atoms. The van der Waals surface area contributed by atoms with Crippen LogP contribution in [0.1, 0.15) is 42.9 Å². The number of rotatable bonds is 12. The molecular formula is C45H45BN2Si. The van der Waals surface area contributed by atoms with Crippen molar-refractivity contribution in [1.29, 1.82) is 0 Å². The van der Waals surface area contributed by atoms with Crippen molar-refractivity contribution in [2.24, 2.45) is 0 Å². The number of aromatic nitrogens is 2. The van der Waals surface area contributed by atoms with E-state index < -0.39 is 9.52 Å². The van der Waals surface area contributed by atoms with Gasteiger partial charge in [0.25, 0.3) is 0 Å². The van der Waals surface area contributed by atoms with Crippen molar-refractivity contribution in [3.8, 4) is 0 Å². The lowest BCUT2D eigenvalue weighted by Crippen LogP contribution is -2.51. The monoisotopic (exact) mass is 652 g/mol. The average Bonchev–Trinajstić information content (AvgIpc) is 3.73. The molecule has 0 aliphatic rings. The van der Waals surface area contributed by atoms with Crippen LogP contribution in [-0.4, -0.2) is 25.8 Å². The maximum absolute atomic E-state index is 4.42. The van der Waals surface area contributed by atoms with Crippen LogP contribution in [0.5, 0.6) is 0 Å². The Kier molecular flexibility index (Phi) is 11.9. The van der Waals surface area contributed by atoms with Crippen LogP contribution in [0.25, 0.3) is 0 Å². The van der Waals surface area contributed by atoms with Gasteiger partial charge in [-0.05, 0) is 29.5 Å². The fourth-order valence-corrected chi connectivity index (χ4v) is 9.20. The Balaban J connectivity index is 0.000000188. The van der Waals surface area contributed by atoms with Crippen molar-refractivity contribution in [2.75, 3.05) is 0 Å². The topological polar surface area (TPSA) is 17.8 Å². The van der Waals surface area contributed by atoms with Gasteiger partial charge >= 0.3 is 0 Å². The second kappa shape index (κ2) is 17.3. The minimum Gasteiger partial charge on any atom is -0.326 e. The van der Waals surface area contributed by atoms with E-state index in [1.807, 2.05) is 12.5 Å². The average molecular weight is 653 g/mol. The zero-order valence-corrected chi connectivity index (χ0v) is 29.9. The van der Waals surface area contributed by atoms with Crippen LogP contribution in [-0.2, 0) is 11.6 Å². The summed E-state index contributed by atoms with van der Waals surface area (Å²) >= 11 is 0. The van der Waals surface area contributed by atoms with Crippen molar-refractivity contribution in [2.45, 2.75) is 37.8 Å². The first-order valence-electron chi connectivity index (χ1n) is 17.6. The fourth-order valence-electron chi connectivity index (χ4n) is 6.89. The SMILES string of the molecule is CCCCCc1ccc([SiH2]C(c2ccccc2)(c2ccccc2)n2ccnc2)cc1.c1ccc(B(c2ccccc2)c2ccccc2)cc1. The Bertz CT molecular complexity index is 1780. The highest BCUT2D eigenvalue weighted by Crippen LogP contribution is 2.33. The summed E-state index contributed by atoms with van der Waals surface area (Å²) in [5.74, 6) is 0. The zero-order chi connectivity index (χ0) is 33.6. The summed E-state index contributed by atoms with van der Waals surface area (Å²) in [4.78, 5) is 4.42. The summed E-state index contributed by atoms with van der Waals surface area (Å²) in [5, 5.41) is 1.26. The van der Waals surface area contributed by atoms with Gasteiger partial charge in [-0.2, -0.15) is 0 Å². The number of nitrogens with zero attached hydrogens (tertiary/aromatic N) is 2. The third-order valence-electron chi connectivity index (χ3n) is 9.40. The molecule has 0 unspecified atom stereocenters. The molecule has 0 amide bonds. The molecule has 2 nitrogen and oxygen atoms in total. The standard InChI is InChI=1S/C27H30N2Si.C18H15B/c1-2-3-6-11-23-16-18-26(19-17-23)30-27(29-21-20-28-22-29,24-12-7-4-8-13-24)25-14-9-5-10-15-25;1-4-10-16(11-5-1)19(17-12-6-2-7-13-17)18-14-8-3-9-15-18/h4-5,7-10,12-22H,2-3,6,11,30H2,1H3;1-15H. The first-order valence-corrected chi connectivity index (χ1v) is 19.0. The predicted octanol–water partition coefficient (Wildman–Crippen LogP) is 7.06. The van der Waals surface area contributed by atoms with Crippen molar-refractivity contribution >= 4 is 37.8 Å². The van der Waals surface area contributed by atoms with Crippen LogP contribution in [0.15, 0.2) is 195 Å². The van der Waals surface area contributed by atoms with Gasteiger partial charge in [-0.15, -0.1) is 0 Å². The van der Waals surface area contributed by atoms with Gasteiger partial charge in [-0.25, -0.2) is 4.98 Å². The predicted molar refractivity (Wildman–Crippen MR) is 213 cm³/mol. The summed E-state index contributed by atoms with van der Waals surface area (Å²) in [7, 11) is -0.786. The molecule has 0 aliphatic carbocycles. The van der Waals surface area contributed by atoms with Crippen LogP contribution in [0.2, 0.25) is 0 Å². The van der Waals surface area contributed by atoms with Gasteiger partial charge in [-0.1, -0.05) is 217 Å². The Morgan fingerprint density at radius 3 is 1.41 bits per heavy atom. The molecule has 0 saturated heterocycles. The summed E-state index contributed by atoms with van der Waals surface area (Å²) in [5.41, 5.74) is 8.11. The van der Waals surface area contributed by atoms with E-state index in [4.69, 9.17) is 0 Å². The molecule has 0 N–H and O–H groups in total. The Labute approximate surface area is 295 Å². The van der Waals surface area contributed by atoms with Crippen molar-refractivity contribution in [3.05, 3.63) is 211 Å². The molecule has 4 heteroatoms. The molecule has 0 fully saturated rings. The van der Waals surface area contributed by atoms with E-state index in [0.29, 0.717) is 6.71 Å². The molecule has 0 bridgehead atoms. The molecule has 6 aromatic carbocycles. The summed E-state index contributed by atoms with van der Waals surface area (Å²) in [6.45, 7) is 2.57. The minimum absolute atomic E-state index is 0.206. The molecular weight excluding hydrogens is 607 g/mol. The van der Waals surface area contributed by atoms with E-state index in [2.05, 4.69) is 199 Å². The number of unbranched alkanes of at least 4 members (excludes halogenated alkanes) is 2. The van der Waals surface area contributed by atoms with Gasteiger partial charge in [0.1, 0.15) is 0 Å². The Hall–Kier alpha value is -5.19. The second-order valence-corrected chi connectivity index (χ2v) is 14.9. The highest BCUT2D eigenvalue weighted by Gasteiger charge is 2.36. The van der Waals surface area contributed by atoms with Gasteiger partial charge < -0.3 is 4.57 Å². The van der Waals surface area contributed by atoms with Crippen LogP contribution in [0.4, 0.5) is 0 Å². The molecule has 0 radical (unpaired) electrons. The largest absolute Gasteiger partial charge is 0.326 e. The van der Waals surface area contributed by atoms with Crippen molar-refractivity contribution < 1.29 is 0 Å². The number of aryl methyl sites for hydroxylation is 1. The Morgan fingerprint density at radius 2 is 1.00 bits per heavy atom. The number of imidazole rings is 1. The van der Waals surface area contributed by atoms with Gasteiger partial charge in [0.15, 0.2) is 0 Å². The number of benzene rings is 6. The lowest BCUT2D eigenvalue weighted by Gasteiger charge is -2.37. The maximum Gasteiger partial charge on any atom is 0.241 e. The van der Waals surface area contributed by atoms with E-state index in [-0.39, 0.29) is 5.16 Å². The van der Waals surface area contributed by atoms with E-state index in [1.54, 1.807) is 0 Å². The van der Waals surface area contributed by atoms with Crippen LogP contribution in [0, 0.1) is 0 Å². The van der Waals surface area contributed by atoms with Gasteiger partial charge in [0, 0.05) is 12.4 Å². The molecule has 1 heterocycles. The molecule has 49 heavy (non-hydrogen) atoms. The normalized spacial score (nSPS) is 11.2. The molecule has 0 aliphatic heterocycles. The van der Waals surface area contributed by atoms with Gasteiger partial charge in [0.05, 0.1) is 21.0 Å². The maximum atomic E-state index is 4.42. The van der Waals surface area contributed by atoms with Gasteiger partial charge in [0.2, 0.25) is 6.71 Å². The molecule has 0 atom stereocenters. The Morgan fingerprint density at radius 1 is 0.551 bits per heavy atom. The van der Waals surface area contributed by atoms with E-state index >= 15 is 0 Å². The van der Waals surface area contributed by atoms with Gasteiger partial charge in [-0.3, -0.25) is 0 Å². The highest BCUT2D eigenvalue weighted by molar-refractivity contribution is 6.95. The van der Waals surface area contributed by atoms with Crippen LogP contribution >= 0.6 is 0 Å². The highest BCUT2D eigenvalue weighted by atomic mass is 28.2. The molecule has 242 valence electrons. The quantitative estimate of drug-likeness (QED) is 0.102. The van der Waals surface area contributed by atoms with Crippen molar-refractivity contribution in [1.82, 2.24) is 9.55 Å². The first kappa shape index (κ1) is 33.7. The molecule has 1 aromatic heterocycles. The smallest absolute Gasteiger partial charge is 0.241 e. The number of hydrogen-bond acceptors (Lipinski definition) is 1. The minimum atomic E-state index is -0.786. The van der Waals surface area contributed by atoms with E-state index in [1.165, 1.54) is 63.9 Å². The molecule has 7 rings (SSSR count). The fraction of sp³-hybridized carbons (Fsp3) is 0.133. The lowest BCUT2D eigenvalue weighted by molar-refractivity contribution is 0.596. The van der Waals surface area contributed by atoms with E-state index in [9.17, 15) is 0 Å². The van der Waals surface area contributed by atoms with Crippen molar-refractivity contribution in [3.63, 3.8) is 0 Å². The van der Waals surface area contributed by atoms with Crippen LogP contribution in [0.3, 0.4) is 0 Å². The van der Waals surface area contributed by atoms with E-state index in [0.717, 1.165) is 0 Å². The third kappa shape index (κ3) is 8.46. The third-order valence-corrected chi connectivity index (χ3v) is 12.0. The molecule has 0 saturated carbocycles. The second-order valence-electron chi connectivity index (χ2n) is 12.7. The number of hydrogen-bond donors (Lipinski definition) is 0. The lowest BCUT2D eigenvalue weighted by atomic mass is 9.37. The molecule has 7 aromatic rings. The van der Waals surface area contributed by atoms with Crippen LogP contribution < -0.4 is 21.6 Å². The zero-order valence-electron chi connectivity index (χ0n) is 28.5. The summed E-state index contributed by atoms with van der Waals surface area (Å²) in [6.07, 6.45) is 11.0. The first-order chi connectivity index (χ1) is 24.3.